The van der Waals surface area contributed by atoms with E-state index in [0.29, 0.717) is 16.0 Å². The minimum absolute atomic E-state index is 0.0656. The second-order valence-electron chi connectivity index (χ2n) is 8.04. The van der Waals surface area contributed by atoms with Gasteiger partial charge in [-0.2, -0.15) is 5.10 Å². The average Bonchev–Trinajstić information content (AvgIpc) is 3.54. The van der Waals surface area contributed by atoms with Gasteiger partial charge < -0.3 is 0 Å². The topological polar surface area (TPSA) is 41.4 Å². The second-order valence-corrected chi connectivity index (χ2v) is 9.86. The molecule has 0 bridgehead atoms. The van der Waals surface area contributed by atoms with Crippen LogP contribution >= 0.6 is 34.5 Å². The molecule has 1 atom stereocenters. The van der Waals surface area contributed by atoms with Crippen LogP contribution in [-0.2, 0) is 0 Å². The predicted octanol–water partition coefficient (Wildman–Crippen LogP) is 8.02. The molecule has 0 radical (unpaired) electrons. The van der Waals surface area contributed by atoms with Crippen molar-refractivity contribution in [1.82, 2.24) is 9.97 Å². The number of hydrogen-bond donors (Lipinski definition) is 0. The van der Waals surface area contributed by atoms with Gasteiger partial charge in [0.1, 0.15) is 0 Å². The monoisotopic (exact) mass is 500 g/mol. The van der Waals surface area contributed by atoms with E-state index in [1.165, 1.54) is 0 Å². The van der Waals surface area contributed by atoms with Gasteiger partial charge in [-0.25, -0.2) is 15.0 Å². The SMILES string of the molecule is Clc1cccc([C@@H]2CC(c3cccs3)=NN2c2nc(-c3ccccc3)c3cc(Cl)ccc3n2)c1. The van der Waals surface area contributed by atoms with E-state index in [1.54, 1.807) is 11.3 Å². The lowest BCUT2D eigenvalue weighted by Gasteiger charge is -2.23. The van der Waals surface area contributed by atoms with E-state index in [4.69, 9.17) is 38.3 Å². The zero-order chi connectivity index (χ0) is 23.1. The van der Waals surface area contributed by atoms with Gasteiger partial charge in [-0.1, -0.05) is 71.7 Å². The number of anilines is 1. The van der Waals surface area contributed by atoms with E-state index >= 15 is 0 Å². The lowest BCUT2D eigenvalue weighted by Crippen LogP contribution is -2.21. The van der Waals surface area contributed by atoms with Crippen molar-refractivity contribution in [2.24, 2.45) is 5.10 Å². The summed E-state index contributed by atoms with van der Waals surface area (Å²) in [6, 6.07) is 27.8. The molecule has 2 aromatic heterocycles. The van der Waals surface area contributed by atoms with Crippen LogP contribution in [0, 0.1) is 0 Å². The van der Waals surface area contributed by atoms with Crippen molar-refractivity contribution in [3.63, 3.8) is 0 Å². The number of rotatable bonds is 4. The first-order valence-corrected chi connectivity index (χ1v) is 12.5. The van der Waals surface area contributed by atoms with E-state index in [9.17, 15) is 0 Å². The first-order valence-electron chi connectivity index (χ1n) is 10.8. The van der Waals surface area contributed by atoms with Gasteiger partial charge in [0.25, 0.3) is 0 Å². The van der Waals surface area contributed by atoms with Crippen LogP contribution in [0.15, 0.2) is 95.4 Å². The number of benzene rings is 3. The summed E-state index contributed by atoms with van der Waals surface area (Å²) < 4.78 is 0. The Morgan fingerprint density at radius 3 is 2.47 bits per heavy atom. The third kappa shape index (κ3) is 3.96. The summed E-state index contributed by atoms with van der Waals surface area (Å²) in [5.74, 6) is 0.546. The molecule has 3 heterocycles. The number of nitrogens with zero attached hydrogens (tertiary/aromatic N) is 4. The summed E-state index contributed by atoms with van der Waals surface area (Å²) >= 11 is 14.4. The van der Waals surface area contributed by atoms with Crippen molar-refractivity contribution in [1.29, 1.82) is 0 Å². The zero-order valence-electron chi connectivity index (χ0n) is 17.9. The fraction of sp³-hybridized carbons (Fsp3) is 0.0741. The summed E-state index contributed by atoms with van der Waals surface area (Å²) in [7, 11) is 0. The highest BCUT2D eigenvalue weighted by molar-refractivity contribution is 7.12. The van der Waals surface area contributed by atoms with Gasteiger partial charge in [0.05, 0.1) is 27.8 Å². The lowest BCUT2D eigenvalue weighted by atomic mass is 10.0. The van der Waals surface area contributed by atoms with Crippen LogP contribution in [-0.4, -0.2) is 15.7 Å². The van der Waals surface area contributed by atoms with E-state index in [-0.39, 0.29) is 6.04 Å². The van der Waals surface area contributed by atoms with Gasteiger partial charge in [0.2, 0.25) is 5.95 Å². The van der Waals surface area contributed by atoms with Gasteiger partial charge in [0.15, 0.2) is 0 Å². The molecule has 0 fully saturated rings. The molecule has 1 aliphatic rings. The first-order chi connectivity index (χ1) is 16.7. The standard InChI is InChI=1S/C27H18Cl2N4S/c28-19-9-4-8-18(14-19)24-16-23(25-10-5-13-34-25)32-33(24)27-30-22-12-11-20(29)15-21(22)26(31-27)17-6-2-1-3-7-17/h1-15,24H,16H2/t24-/m0/s1. The number of aromatic nitrogens is 2. The Balaban J connectivity index is 1.55. The molecular weight excluding hydrogens is 483 g/mol. The number of thiophene rings is 1. The second kappa shape index (κ2) is 8.84. The number of fused-ring (bicyclic) bond motifs is 1. The first kappa shape index (κ1) is 21.3. The van der Waals surface area contributed by atoms with Crippen LogP contribution < -0.4 is 5.01 Å². The highest BCUT2D eigenvalue weighted by Crippen LogP contribution is 2.39. The smallest absolute Gasteiger partial charge is 0.223 e. The molecule has 0 saturated carbocycles. The van der Waals surface area contributed by atoms with Crippen molar-refractivity contribution < 1.29 is 0 Å². The maximum Gasteiger partial charge on any atom is 0.247 e. The molecule has 166 valence electrons. The maximum atomic E-state index is 6.35. The Morgan fingerprint density at radius 2 is 1.68 bits per heavy atom. The molecule has 7 heteroatoms. The largest absolute Gasteiger partial charge is 0.247 e. The van der Waals surface area contributed by atoms with E-state index in [0.717, 1.165) is 44.7 Å². The van der Waals surface area contributed by atoms with Gasteiger partial charge >= 0.3 is 0 Å². The normalized spacial score (nSPS) is 15.6. The predicted molar refractivity (Wildman–Crippen MR) is 142 cm³/mol. The van der Waals surface area contributed by atoms with Gasteiger partial charge in [-0.3, -0.25) is 0 Å². The quantitative estimate of drug-likeness (QED) is 0.250. The molecule has 0 N–H and O–H groups in total. The van der Waals surface area contributed by atoms with Crippen LogP contribution in [0.25, 0.3) is 22.2 Å². The van der Waals surface area contributed by atoms with Crippen LogP contribution in [0.2, 0.25) is 10.0 Å². The minimum atomic E-state index is -0.0656. The molecule has 6 rings (SSSR count). The summed E-state index contributed by atoms with van der Waals surface area (Å²) in [5.41, 5.74) is 4.73. The van der Waals surface area contributed by atoms with Crippen LogP contribution in [0.5, 0.6) is 0 Å². The molecule has 0 saturated heterocycles. The Labute approximate surface area is 211 Å². The Kier molecular flexibility index (Phi) is 5.53. The van der Waals surface area contributed by atoms with Crippen LogP contribution in [0.1, 0.15) is 22.9 Å². The van der Waals surface area contributed by atoms with Crippen molar-refractivity contribution in [2.75, 3.05) is 5.01 Å². The van der Waals surface area contributed by atoms with Crippen molar-refractivity contribution in [2.45, 2.75) is 12.5 Å². The third-order valence-corrected chi connectivity index (χ3v) is 7.24. The molecule has 1 aliphatic heterocycles. The van der Waals surface area contributed by atoms with Crippen LogP contribution in [0.3, 0.4) is 0 Å². The minimum Gasteiger partial charge on any atom is -0.223 e. The molecule has 0 aliphatic carbocycles. The highest BCUT2D eigenvalue weighted by atomic mass is 35.5. The van der Waals surface area contributed by atoms with Crippen molar-refractivity contribution in [3.8, 4) is 11.3 Å². The summed E-state index contributed by atoms with van der Waals surface area (Å²) in [4.78, 5) is 11.1. The van der Waals surface area contributed by atoms with Crippen LogP contribution in [0.4, 0.5) is 5.95 Å². The van der Waals surface area contributed by atoms with E-state index < -0.39 is 0 Å². The molecule has 0 spiro atoms. The molecule has 0 amide bonds. The number of hydrogen-bond acceptors (Lipinski definition) is 5. The van der Waals surface area contributed by atoms with E-state index in [1.807, 2.05) is 77.8 Å². The molecule has 5 aromatic rings. The Hall–Kier alpha value is -3.25. The Bertz CT molecular complexity index is 1520. The maximum absolute atomic E-state index is 6.35. The molecule has 3 aromatic carbocycles. The highest BCUT2D eigenvalue weighted by Gasteiger charge is 2.32. The van der Waals surface area contributed by atoms with Crippen molar-refractivity contribution >= 4 is 57.1 Å². The molecule has 34 heavy (non-hydrogen) atoms. The lowest BCUT2D eigenvalue weighted by molar-refractivity contribution is 0.689. The molecule has 0 unspecified atom stereocenters. The summed E-state index contributed by atoms with van der Waals surface area (Å²) in [6.45, 7) is 0. The van der Waals surface area contributed by atoms with Gasteiger partial charge in [-0.05, 0) is 47.3 Å². The van der Waals surface area contributed by atoms with Crippen molar-refractivity contribution in [3.05, 3.63) is 111 Å². The number of halogens is 2. The fourth-order valence-electron chi connectivity index (χ4n) is 4.27. The zero-order valence-corrected chi connectivity index (χ0v) is 20.2. The third-order valence-electron chi connectivity index (χ3n) is 5.85. The van der Waals surface area contributed by atoms with Gasteiger partial charge in [-0.15, -0.1) is 11.3 Å². The average molecular weight is 501 g/mol. The molecular formula is C27H18Cl2N4S. The Morgan fingerprint density at radius 1 is 0.824 bits per heavy atom. The summed E-state index contributed by atoms with van der Waals surface area (Å²) in [6.07, 6.45) is 0.740. The van der Waals surface area contributed by atoms with Gasteiger partial charge in [0, 0.05) is 27.4 Å². The van der Waals surface area contributed by atoms with E-state index in [2.05, 4.69) is 17.5 Å². The number of hydrazone groups is 1. The summed E-state index contributed by atoms with van der Waals surface area (Å²) in [5, 5.41) is 11.3. The fourth-order valence-corrected chi connectivity index (χ4v) is 5.36. The molecule has 4 nitrogen and oxygen atoms in total.